The van der Waals surface area contributed by atoms with Gasteiger partial charge in [0.1, 0.15) is 0 Å². The van der Waals surface area contributed by atoms with Crippen LogP contribution in [0.2, 0.25) is 0 Å². The molecular weight excluding hydrogens is 278 g/mol. The number of thiophene rings is 1. The van der Waals surface area contributed by atoms with Crippen molar-refractivity contribution in [1.82, 2.24) is 15.5 Å². The van der Waals surface area contributed by atoms with Crippen molar-refractivity contribution in [3.05, 3.63) is 23.4 Å². The second kappa shape index (κ2) is 7.16. The zero-order valence-corrected chi connectivity index (χ0v) is 12.0. The fraction of sp³-hybridized carbons (Fsp3) is 0.462. The molecule has 2 N–H and O–H groups in total. The van der Waals surface area contributed by atoms with Crippen LogP contribution in [0.4, 0.5) is 0 Å². The predicted octanol–water partition coefficient (Wildman–Crippen LogP) is 1.48. The van der Waals surface area contributed by atoms with Gasteiger partial charge in [0.25, 0.3) is 0 Å². The Kier molecular flexibility index (Phi) is 5.25. The molecule has 2 heterocycles. The second-order valence-electron chi connectivity index (χ2n) is 4.58. The molecular formula is C13H17N3O3S. The molecule has 0 aromatic carbocycles. The van der Waals surface area contributed by atoms with E-state index in [9.17, 15) is 4.79 Å². The molecule has 0 aliphatic heterocycles. The average Bonchev–Trinajstić information content (AvgIpc) is 3.12. The van der Waals surface area contributed by atoms with E-state index in [1.807, 2.05) is 24.4 Å². The van der Waals surface area contributed by atoms with Gasteiger partial charge in [-0.05, 0) is 17.4 Å². The van der Waals surface area contributed by atoms with E-state index < -0.39 is 0 Å². The molecule has 1 atom stereocenters. The lowest BCUT2D eigenvalue weighted by atomic mass is 10.2. The molecule has 20 heavy (non-hydrogen) atoms. The topological polar surface area (TPSA) is 88.2 Å². The van der Waals surface area contributed by atoms with Crippen molar-refractivity contribution in [2.45, 2.75) is 19.8 Å². The molecule has 7 heteroatoms. The SMILES string of the molecule is CC(CO)CNC(=O)CCc1nc(-c2cccs2)no1. The Morgan fingerprint density at radius 2 is 2.45 bits per heavy atom. The summed E-state index contributed by atoms with van der Waals surface area (Å²) in [4.78, 5) is 16.8. The molecule has 1 amide bonds. The van der Waals surface area contributed by atoms with Crippen molar-refractivity contribution in [3.8, 4) is 10.7 Å². The van der Waals surface area contributed by atoms with Crippen LogP contribution >= 0.6 is 11.3 Å². The standard InChI is InChI=1S/C13H17N3O3S/c1-9(8-17)7-14-11(18)4-5-12-15-13(16-19-12)10-3-2-6-20-10/h2-3,6,9,17H,4-5,7-8H2,1H3,(H,14,18). The number of hydrogen-bond donors (Lipinski definition) is 2. The van der Waals surface area contributed by atoms with Crippen molar-refractivity contribution in [1.29, 1.82) is 0 Å². The van der Waals surface area contributed by atoms with Crippen LogP contribution in [0.1, 0.15) is 19.2 Å². The summed E-state index contributed by atoms with van der Waals surface area (Å²) in [5, 5.41) is 17.4. The van der Waals surface area contributed by atoms with Crippen molar-refractivity contribution in [3.63, 3.8) is 0 Å². The number of aliphatic hydroxyl groups excluding tert-OH is 1. The van der Waals surface area contributed by atoms with Crippen molar-refractivity contribution < 1.29 is 14.4 Å². The first-order valence-electron chi connectivity index (χ1n) is 6.43. The van der Waals surface area contributed by atoms with Gasteiger partial charge in [0.05, 0.1) is 4.88 Å². The number of rotatable bonds is 7. The minimum atomic E-state index is -0.0822. The fourth-order valence-corrected chi connectivity index (χ4v) is 2.17. The van der Waals surface area contributed by atoms with Gasteiger partial charge in [0.15, 0.2) is 0 Å². The summed E-state index contributed by atoms with van der Waals surface area (Å²) in [5.74, 6) is 0.997. The van der Waals surface area contributed by atoms with Crippen LogP contribution in [0.5, 0.6) is 0 Å². The van der Waals surface area contributed by atoms with Gasteiger partial charge in [-0.3, -0.25) is 4.79 Å². The number of aliphatic hydroxyl groups is 1. The summed E-state index contributed by atoms with van der Waals surface area (Å²) >= 11 is 1.54. The van der Waals surface area contributed by atoms with Crippen LogP contribution in [0, 0.1) is 5.92 Å². The lowest BCUT2D eigenvalue weighted by Gasteiger charge is -2.08. The van der Waals surface area contributed by atoms with Crippen LogP contribution < -0.4 is 5.32 Å². The molecule has 0 saturated heterocycles. The molecule has 1 unspecified atom stereocenters. The third-order valence-corrected chi connectivity index (χ3v) is 3.60. The fourth-order valence-electron chi connectivity index (χ4n) is 1.52. The van der Waals surface area contributed by atoms with Gasteiger partial charge in [-0.25, -0.2) is 0 Å². The molecule has 6 nitrogen and oxygen atoms in total. The Morgan fingerprint density at radius 3 is 3.15 bits per heavy atom. The number of nitrogens with one attached hydrogen (secondary N) is 1. The summed E-state index contributed by atoms with van der Waals surface area (Å²) in [7, 11) is 0. The molecule has 0 aliphatic rings. The van der Waals surface area contributed by atoms with E-state index in [0.29, 0.717) is 31.1 Å². The minimum Gasteiger partial charge on any atom is -0.396 e. The van der Waals surface area contributed by atoms with Gasteiger partial charge < -0.3 is 14.9 Å². The molecule has 2 aromatic rings. The Labute approximate surface area is 120 Å². The monoisotopic (exact) mass is 295 g/mol. The normalized spacial score (nSPS) is 12.3. The zero-order valence-electron chi connectivity index (χ0n) is 11.2. The van der Waals surface area contributed by atoms with Gasteiger partial charge in [-0.15, -0.1) is 11.3 Å². The quantitative estimate of drug-likeness (QED) is 0.807. The molecule has 0 radical (unpaired) electrons. The van der Waals surface area contributed by atoms with Gasteiger partial charge in [-0.1, -0.05) is 18.1 Å². The van der Waals surface area contributed by atoms with Crippen molar-refractivity contribution >= 4 is 17.2 Å². The molecule has 2 aromatic heterocycles. The summed E-state index contributed by atoms with van der Waals surface area (Å²) in [6.45, 7) is 2.40. The van der Waals surface area contributed by atoms with Crippen LogP contribution in [0.3, 0.4) is 0 Å². The highest BCUT2D eigenvalue weighted by Crippen LogP contribution is 2.21. The number of hydrogen-bond acceptors (Lipinski definition) is 6. The van der Waals surface area contributed by atoms with Crippen molar-refractivity contribution in [2.75, 3.05) is 13.2 Å². The molecule has 108 valence electrons. The second-order valence-corrected chi connectivity index (χ2v) is 5.53. The third kappa shape index (κ3) is 4.14. The maximum absolute atomic E-state index is 11.6. The van der Waals surface area contributed by atoms with Gasteiger partial charge in [-0.2, -0.15) is 4.98 Å². The first-order chi connectivity index (χ1) is 9.69. The highest BCUT2D eigenvalue weighted by Gasteiger charge is 2.11. The van der Waals surface area contributed by atoms with E-state index in [1.54, 1.807) is 0 Å². The Bertz CT molecular complexity index is 539. The predicted molar refractivity (Wildman–Crippen MR) is 75.2 cm³/mol. The first-order valence-corrected chi connectivity index (χ1v) is 7.31. The van der Waals surface area contributed by atoms with Crippen LogP contribution in [-0.2, 0) is 11.2 Å². The zero-order chi connectivity index (χ0) is 14.4. The maximum Gasteiger partial charge on any atom is 0.227 e. The Morgan fingerprint density at radius 1 is 1.60 bits per heavy atom. The average molecular weight is 295 g/mol. The maximum atomic E-state index is 11.6. The summed E-state index contributed by atoms with van der Waals surface area (Å²) in [5.41, 5.74) is 0. The Balaban J connectivity index is 1.78. The van der Waals surface area contributed by atoms with Gasteiger partial charge >= 0.3 is 0 Å². The van der Waals surface area contributed by atoms with Crippen LogP contribution in [0.25, 0.3) is 10.7 Å². The third-order valence-electron chi connectivity index (χ3n) is 2.73. The number of carbonyl (C=O) groups excluding carboxylic acids is 1. The van der Waals surface area contributed by atoms with E-state index in [2.05, 4.69) is 15.5 Å². The minimum absolute atomic E-state index is 0.0628. The molecule has 0 spiro atoms. The molecule has 2 rings (SSSR count). The molecule has 0 saturated carbocycles. The lowest BCUT2D eigenvalue weighted by molar-refractivity contribution is -0.121. The number of amides is 1. The number of aryl methyl sites for hydroxylation is 1. The van der Waals surface area contributed by atoms with Gasteiger partial charge in [0, 0.05) is 26.0 Å². The largest absolute Gasteiger partial charge is 0.396 e. The van der Waals surface area contributed by atoms with Crippen LogP contribution in [-0.4, -0.2) is 34.3 Å². The number of carbonyl (C=O) groups is 1. The van der Waals surface area contributed by atoms with Crippen molar-refractivity contribution in [2.24, 2.45) is 5.92 Å². The smallest absolute Gasteiger partial charge is 0.227 e. The molecule has 0 bridgehead atoms. The Hall–Kier alpha value is -1.73. The highest BCUT2D eigenvalue weighted by molar-refractivity contribution is 7.13. The summed E-state index contributed by atoms with van der Waals surface area (Å²) < 4.78 is 5.11. The number of nitrogens with zero attached hydrogens (tertiary/aromatic N) is 2. The van der Waals surface area contributed by atoms with E-state index in [1.165, 1.54) is 11.3 Å². The highest BCUT2D eigenvalue weighted by atomic mass is 32.1. The van der Waals surface area contributed by atoms with E-state index in [0.717, 1.165) is 4.88 Å². The molecule has 0 fully saturated rings. The van der Waals surface area contributed by atoms with E-state index in [4.69, 9.17) is 9.63 Å². The van der Waals surface area contributed by atoms with Gasteiger partial charge in [0.2, 0.25) is 17.6 Å². The summed E-state index contributed by atoms with van der Waals surface area (Å²) in [6.07, 6.45) is 0.710. The lowest BCUT2D eigenvalue weighted by Crippen LogP contribution is -2.29. The van der Waals surface area contributed by atoms with E-state index >= 15 is 0 Å². The van der Waals surface area contributed by atoms with E-state index in [-0.39, 0.29) is 18.4 Å². The molecule has 0 aliphatic carbocycles. The first kappa shape index (κ1) is 14.7. The summed E-state index contributed by atoms with van der Waals surface area (Å²) in [6, 6.07) is 3.84. The van der Waals surface area contributed by atoms with Crippen LogP contribution in [0.15, 0.2) is 22.0 Å². The number of aromatic nitrogens is 2.